The maximum absolute atomic E-state index is 11.9. The highest BCUT2D eigenvalue weighted by Crippen LogP contribution is 2.25. The Labute approximate surface area is 152 Å². The summed E-state index contributed by atoms with van der Waals surface area (Å²) in [6.45, 7) is 3.89. The molecule has 1 aromatic rings. The van der Waals surface area contributed by atoms with E-state index in [1.165, 1.54) is 6.20 Å². The molecule has 0 spiro atoms. The molecule has 0 bridgehead atoms. The van der Waals surface area contributed by atoms with E-state index in [0.29, 0.717) is 35.3 Å². The van der Waals surface area contributed by atoms with Crippen LogP contribution < -0.4 is 10.6 Å². The molecule has 5 nitrogen and oxygen atoms in total. The number of hydrogen-bond acceptors (Lipinski definition) is 4. The van der Waals surface area contributed by atoms with Crippen LogP contribution in [0.3, 0.4) is 0 Å². The van der Waals surface area contributed by atoms with Crippen LogP contribution in [0.25, 0.3) is 0 Å². The Kier molecular flexibility index (Phi) is 9.94. The monoisotopic (exact) mass is 369 g/mol. The molecule has 1 aromatic carbocycles. The van der Waals surface area contributed by atoms with Gasteiger partial charge in [-0.2, -0.15) is 5.26 Å². The molecule has 1 rings (SSSR count). The fourth-order valence-electron chi connectivity index (χ4n) is 1.71. The molecule has 7 heteroatoms. The molecule has 0 aliphatic heterocycles. The fourth-order valence-corrected chi connectivity index (χ4v) is 2.01. The molecule has 1 amide bonds. The lowest BCUT2D eigenvalue weighted by atomic mass is 10.2. The lowest BCUT2D eigenvalue weighted by molar-refractivity contribution is -0.117. The van der Waals surface area contributed by atoms with Gasteiger partial charge in [0.2, 0.25) is 0 Å². The highest BCUT2D eigenvalue weighted by molar-refractivity contribution is 6.42. The number of halogens is 2. The average molecular weight is 370 g/mol. The topological polar surface area (TPSA) is 74.1 Å². The summed E-state index contributed by atoms with van der Waals surface area (Å²) in [7, 11) is 0. The van der Waals surface area contributed by atoms with Crippen molar-refractivity contribution in [2.75, 3.05) is 25.1 Å². The second kappa shape index (κ2) is 11.7. The second-order valence-corrected chi connectivity index (χ2v) is 5.83. The van der Waals surface area contributed by atoms with Crippen molar-refractivity contribution in [1.29, 1.82) is 5.26 Å². The van der Waals surface area contributed by atoms with Gasteiger partial charge >= 0.3 is 0 Å². The number of anilines is 1. The van der Waals surface area contributed by atoms with Gasteiger partial charge in [0.05, 0.1) is 10.0 Å². The molecule has 0 radical (unpaired) electrons. The van der Waals surface area contributed by atoms with Gasteiger partial charge in [-0.25, -0.2) is 0 Å². The maximum atomic E-state index is 11.9. The third kappa shape index (κ3) is 7.69. The predicted molar refractivity (Wildman–Crippen MR) is 97.1 cm³/mol. The molecule has 24 heavy (non-hydrogen) atoms. The van der Waals surface area contributed by atoms with Crippen LogP contribution in [0.5, 0.6) is 0 Å². The van der Waals surface area contributed by atoms with E-state index in [9.17, 15) is 4.79 Å². The summed E-state index contributed by atoms with van der Waals surface area (Å²) in [4.78, 5) is 11.9. The summed E-state index contributed by atoms with van der Waals surface area (Å²) in [5.41, 5.74) is 0.613. The maximum Gasteiger partial charge on any atom is 0.263 e. The largest absolute Gasteiger partial charge is 0.381 e. The van der Waals surface area contributed by atoms with E-state index in [4.69, 9.17) is 33.2 Å². The standard InChI is InChI=1S/C17H21Cl2N3O2/c1-2-3-8-24-9-4-7-21-17(23)13(11-20)12-22-14-5-6-15(18)16(19)10-14/h5-6,10,12,22H,2-4,7-9H2,1H3,(H,21,23)/b13-12-. The number of nitrogens with zero attached hydrogens (tertiary/aromatic N) is 1. The highest BCUT2D eigenvalue weighted by Gasteiger charge is 2.08. The van der Waals surface area contributed by atoms with E-state index in [1.54, 1.807) is 18.2 Å². The number of unbranched alkanes of at least 4 members (excludes halogenated alkanes) is 1. The minimum absolute atomic E-state index is 0.0204. The van der Waals surface area contributed by atoms with Crippen LogP contribution in [0, 0.1) is 11.3 Å². The van der Waals surface area contributed by atoms with Crippen molar-refractivity contribution in [3.05, 3.63) is 40.0 Å². The third-order valence-corrected chi connectivity index (χ3v) is 3.80. The van der Waals surface area contributed by atoms with Gasteiger partial charge in [0.1, 0.15) is 11.6 Å². The zero-order valence-corrected chi connectivity index (χ0v) is 15.1. The van der Waals surface area contributed by atoms with Gasteiger partial charge in [-0.1, -0.05) is 36.5 Å². The molecule has 0 heterocycles. The van der Waals surface area contributed by atoms with E-state index in [0.717, 1.165) is 19.4 Å². The first-order valence-electron chi connectivity index (χ1n) is 7.76. The van der Waals surface area contributed by atoms with Crippen LogP contribution in [0.4, 0.5) is 5.69 Å². The number of benzene rings is 1. The van der Waals surface area contributed by atoms with Gasteiger partial charge in [-0.15, -0.1) is 0 Å². The Hall–Kier alpha value is -1.74. The molecule has 0 fully saturated rings. The zero-order chi connectivity index (χ0) is 17.8. The molecule has 0 unspecified atom stereocenters. The van der Waals surface area contributed by atoms with Crippen molar-refractivity contribution in [3.63, 3.8) is 0 Å². The molecule has 0 atom stereocenters. The minimum Gasteiger partial charge on any atom is -0.381 e. The number of amides is 1. The lowest BCUT2D eigenvalue weighted by Crippen LogP contribution is -2.26. The van der Waals surface area contributed by atoms with Crippen molar-refractivity contribution in [1.82, 2.24) is 5.32 Å². The Bertz CT molecular complexity index is 612. The van der Waals surface area contributed by atoms with Gasteiger partial charge in [0, 0.05) is 31.6 Å². The SMILES string of the molecule is CCCCOCCCNC(=O)/C(C#N)=C\Nc1ccc(Cl)c(Cl)c1. The summed E-state index contributed by atoms with van der Waals surface area (Å²) >= 11 is 11.7. The molecule has 2 N–H and O–H groups in total. The van der Waals surface area contributed by atoms with Crippen molar-refractivity contribution < 1.29 is 9.53 Å². The number of carbonyl (C=O) groups is 1. The van der Waals surface area contributed by atoms with E-state index in [2.05, 4.69) is 17.6 Å². The summed E-state index contributed by atoms with van der Waals surface area (Å²) < 4.78 is 5.40. The lowest BCUT2D eigenvalue weighted by Gasteiger charge is -2.06. The van der Waals surface area contributed by atoms with Gasteiger partial charge in [0.15, 0.2) is 0 Å². The highest BCUT2D eigenvalue weighted by atomic mass is 35.5. The van der Waals surface area contributed by atoms with Gasteiger partial charge in [-0.3, -0.25) is 4.79 Å². The summed E-state index contributed by atoms with van der Waals surface area (Å²) in [5.74, 6) is -0.432. The smallest absolute Gasteiger partial charge is 0.263 e. The quantitative estimate of drug-likeness (QED) is 0.369. The zero-order valence-electron chi connectivity index (χ0n) is 13.6. The van der Waals surface area contributed by atoms with Crippen molar-refractivity contribution in [2.45, 2.75) is 26.2 Å². The fraction of sp³-hybridized carbons (Fsp3) is 0.412. The summed E-state index contributed by atoms with van der Waals surface area (Å²) in [5, 5.41) is 15.4. The van der Waals surface area contributed by atoms with Crippen LogP contribution in [-0.4, -0.2) is 25.7 Å². The molecule has 0 aromatic heterocycles. The third-order valence-electron chi connectivity index (χ3n) is 3.06. The van der Waals surface area contributed by atoms with Crippen molar-refractivity contribution >= 4 is 34.8 Å². The molecule has 0 saturated carbocycles. The van der Waals surface area contributed by atoms with Crippen LogP contribution >= 0.6 is 23.2 Å². The van der Waals surface area contributed by atoms with Gasteiger partial charge < -0.3 is 15.4 Å². The number of rotatable bonds is 10. The van der Waals surface area contributed by atoms with E-state index in [1.807, 2.05) is 6.07 Å². The Morgan fingerprint density at radius 1 is 1.29 bits per heavy atom. The van der Waals surface area contributed by atoms with Crippen LogP contribution in [-0.2, 0) is 9.53 Å². The average Bonchev–Trinajstić information content (AvgIpc) is 2.57. The molecule has 0 aliphatic rings. The van der Waals surface area contributed by atoms with Gasteiger partial charge in [0.25, 0.3) is 5.91 Å². The number of carbonyl (C=O) groups excluding carboxylic acids is 1. The predicted octanol–water partition coefficient (Wildman–Crippen LogP) is 4.14. The molecule has 0 saturated heterocycles. The first kappa shape index (κ1) is 20.3. The van der Waals surface area contributed by atoms with Crippen LogP contribution in [0.1, 0.15) is 26.2 Å². The normalized spacial score (nSPS) is 11.0. The number of nitriles is 1. The Morgan fingerprint density at radius 2 is 2.04 bits per heavy atom. The number of hydrogen-bond donors (Lipinski definition) is 2. The number of ether oxygens (including phenoxy) is 1. The van der Waals surface area contributed by atoms with E-state index >= 15 is 0 Å². The summed E-state index contributed by atoms with van der Waals surface area (Å²) in [6.07, 6.45) is 4.17. The van der Waals surface area contributed by atoms with Crippen molar-refractivity contribution in [2.24, 2.45) is 0 Å². The van der Waals surface area contributed by atoms with Gasteiger partial charge in [-0.05, 0) is 31.0 Å². The van der Waals surface area contributed by atoms with E-state index in [-0.39, 0.29) is 5.57 Å². The van der Waals surface area contributed by atoms with Crippen LogP contribution in [0.15, 0.2) is 30.0 Å². The first-order chi connectivity index (χ1) is 11.6. The molecule has 0 aliphatic carbocycles. The second-order valence-electron chi connectivity index (χ2n) is 5.02. The first-order valence-corrected chi connectivity index (χ1v) is 8.52. The van der Waals surface area contributed by atoms with Crippen molar-refractivity contribution in [3.8, 4) is 6.07 Å². The molecular weight excluding hydrogens is 349 g/mol. The number of nitrogens with one attached hydrogen (secondary N) is 2. The molecule has 130 valence electrons. The molecular formula is C17H21Cl2N3O2. The Morgan fingerprint density at radius 3 is 2.71 bits per heavy atom. The van der Waals surface area contributed by atoms with E-state index < -0.39 is 5.91 Å². The minimum atomic E-state index is -0.432. The Balaban J connectivity index is 2.40. The van der Waals surface area contributed by atoms with Crippen LogP contribution in [0.2, 0.25) is 10.0 Å². The summed E-state index contributed by atoms with van der Waals surface area (Å²) in [6, 6.07) is 6.80.